The number of nitrogens with one attached hydrogen (secondary N) is 2. The molecule has 2 rings (SSSR count). The van der Waals surface area contributed by atoms with E-state index in [4.69, 9.17) is 9.47 Å². The summed E-state index contributed by atoms with van der Waals surface area (Å²) < 4.78 is 10.8. The molecule has 8 heteroatoms. The van der Waals surface area contributed by atoms with Crippen LogP contribution in [0.1, 0.15) is 59.5 Å². The second-order valence-electron chi connectivity index (χ2n) is 7.14. The molecule has 0 aliphatic rings. The highest BCUT2D eigenvalue weighted by atomic mass is 127. The number of hydrogen-bond donors (Lipinski definition) is 2. The molecule has 31 heavy (non-hydrogen) atoms. The Labute approximate surface area is 196 Å². The lowest BCUT2D eigenvalue weighted by Gasteiger charge is -2.21. The fourth-order valence-corrected chi connectivity index (χ4v) is 3.51. The van der Waals surface area contributed by atoms with E-state index in [1.54, 1.807) is 37.3 Å². The highest BCUT2D eigenvalue weighted by molar-refractivity contribution is 14.1. The van der Waals surface area contributed by atoms with Crippen molar-refractivity contribution in [1.82, 2.24) is 5.32 Å². The number of carbonyl (C=O) groups is 3. The summed E-state index contributed by atoms with van der Waals surface area (Å²) in [4.78, 5) is 37.3. The SMILES string of the molecule is CCOC(=O)CC(NC(=O)c1cc(I)ccc1NC(C)C)c1cccc(C(=O)OC)c1. The van der Waals surface area contributed by atoms with Gasteiger partial charge in [-0.2, -0.15) is 0 Å². The van der Waals surface area contributed by atoms with Gasteiger partial charge in [0.15, 0.2) is 0 Å². The molecule has 0 aliphatic heterocycles. The molecule has 0 aliphatic carbocycles. The Morgan fingerprint density at radius 3 is 2.48 bits per heavy atom. The average molecular weight is 538 g/mol. The lowest BCUT2D eigenvalue weighted by molar-refractivity contribution is -0.143. The normalized spacial score (nSPS) is 11.5. The molecule has 2 aromatic rings. The zero-order valence-electron chi connectivity index (χ0n) is 18.0. The van der Waals surface area contributed by atoms with Crippen LogP contribution in [0.4, 0.5) is 5.69 Å². The fraction of sp³-hybridized carbons (Fsp3) is 0.348. The summed E-state index contributed by atoms with van der Waals surface area (Å²) in [7, 11) is 1.30. The number of rotatable bonds is 9. The van der Waals surface area contributed by atoms with Crippen LogP contribution in [0.3, 0.4) is 0 Å². The summed E-state index contributed by atoms with van der Waals surface area (Å²) in [5, 5.41) is 6.20. The van der Waals surface area contributed by atoms with Crippen molar-refractivity contribution in [3.63, 3.8) is 0 Å². The lowest BCUT2D eigenvalue weighted by atomic mass is 10.0. The van der Waals surface area contributed by atoms with Crippen molar-refractivity contribution >= 4 is 46.1 Å². The van der Waals surface area contributed by atoms with Crippen LogP contribution in [0.2, 0.25) is 0 Å². The van der Waals surface area contributed by atoms with E-state index < -0.39 is 18.0 Å². The molecule has 166 valence electrons. The van der Waals surface area contributed by atoms with E-state index in [-0.39, 0.29) is 25.0 Å². The molecule has 0 radical (unpaired) electrons. The van der Waals surface area contributed by atoms with Crippen LogP contribution in [0, 0.1) is 3.57 Å². The van der Waals surface area contributed by atoms with Crippen molar-refractivity contribution in [2.24, 2.45) is 0 Å². The Bertz CT molecular complexity index is 945. The smallest absolute Gasteiger partial charge is 0.337 e. The zero-order valence-corrected chi connectivity index (χ0v) is 20.2. The third-order valence-corrected chi connectivity index (χ3v) is 5.03. The average Bonchev–Trinajstić information content (AvgIpc) is 2.73. The minimum absolute atomic E-state index is 0.0684. The number of benzene rings is 2. The number of carbonyl (C=O) groups excluding carboxylic acids is 3. The molecule has 2 aromatic carbocycles. The summed E-state index contributed by atoms with van der Waals surface area (Å²) >= 11 is 2.15. The Balaban J connectivity index is 2.38. The predicted octanol–water partition coefficient (Wildman–Crippen LogP) is 4.32. The van der Waals surface area contributed by atoms with E-state index in [0.717, 1.165) is 3.57 Å². The van der Waals surface area contributed by atoms with Crippen LogP contribution in [0.5, 0.6) is 0 Å². The van der Waals surface area contributed by atoms with Gasteiger partial charge >= 0.3 is 11.9 Å². The third-order valence-electron chi connectivity index (χ3n) is 4.36. The molecule has 0 bridgehead atoms. The zero-order chi connectivity index (χ0) is 23.0. The highest BCUT2D eigenvalue weighted by Crippen LogP contribution is 2.24. The van der Waals surface area contributed by atoms with Crippen LogP contribution in [-0.4, -0.2) is 37.6 Å². The van der Waals surface area contributed by atoms with Crippen molar-refractivity contribution in [2.75, 3.05) is 19.0 Å². The van der Waals surface area contributed by atoms with E-state index in [0.29, 0.717) is 22.4 Å². The van der Waals surface area contributed by atoms with Crippen molar-refractivity contribution in [3.05, 3.63) is 62.7 Å². The molecule has 1 unspecified atom stereocenters. The monoisotopic (exact) mass is 538 g/mol. The summed E-state index contributed by atoms with van der Waals surface area (Å²) in [6.45, 7) is 5.93. The summed E-state index contributed by atoms with van der Waals surface area (Å²) in [5.74, 6) is -1.28. The maximum Gasteiger partial charge on any atom is 0.337 e. The number of halogens is 1. The summed E-state index contributed by atoms with van der Waals surface area (Å²) in [6, 6.07) is 11.7. The fourth-order valence-electron chi connectivity index (χ4n) is 3.02. The van der Waals surface area contributed by atoms with E-state index >= 15 is 0 Å². The van der Waals surface area contributed by atoms with Crippen LogP contribution < -0.4 is 10.6 Å². The van der Waals surface area contributed by atoms with E-state index in [1.807, 2.05) is 26.0 Å². The van der Waals surface area contributed by atoms with E-state index in [9.17, 15) is 14.4 Å². The standard InChI is InChI=1S/C23H27IN2O5/c1-5-31-21(27)13-20(15-7-6-8-16(11-15)23(29)30-4)26-22(28)18-12-17(24)9-10-19(18)25-14(2)3/h6-12,14,20,25H,5,13H2,1-4H3,(H,26,28). The van der Waals surface area contributed by atoms with Crippen LogP contribution in [0.15, 0.2) is 42.5 Å². The first-order valence-electron chi connectivity index (χ1n) is 9.96. The number of amides is 1. The van der Waals surface area contributed by atoms with Gasteiger partial charge in [-0.3, -0.25) is 9.59 Å². The second kappa shape index (κ2) is 11.7. The lowest BCUT2D eigenvalue weighted by Crippen LogP contribution is -2.31. The quantitative estimate of drug-likeness (QED) is 0.365. The molecule has 2 N–H and O–H groups in total. The topological polar surface area (TPSA) is 93.7 Å². The van der Waals surface area contributed by atoms with E-state index in [2.05, 4.69) is 33.2 Å². The molecule has 0 aromatic heterocycles. The molecule has 0 spiro atoms. The highest BCUT2D eigenvalue weighted by Gasteiger charge is 2.23. The molecule has 0 fully saturated rings. The first kappa shape index (κ1) is 24.6. The van der Waals surface area contributed by atoms with Gasteiger partial charge in [0, 0.05) is 15.3 Å². The minimum atomic E-state index is -0.680. The van der Waals surface area contributed by atoms with Gasteiger partial charge in [0.1, 0.15) is 0 Å². The van der Waals surface area contributed by atoms with Gasteiger partial charge < -0.3 is 20.1 Å². The Morgan fingerprint density at radius 1 is 1.10 bits per heavy atom. The second-order valence-corrected chi connectivity index (χ2v) is 8.39. The molecule has 1 atom stereocenters. The van der Waals surface area contributed by atoms with Crippen LogP contribution >= 0.6 is 22.6 Å². The number of hydrogen-bond acceptors (Lipinski definition) is 6. The first-order chi connectivity index (χ1) is 14.7. The van der Waals surface area contributed by atoms with Gasteiger partial charge in [0.05, 0.1) is 37.3 Å². The van der Waals surface area contributed by atoms with Gasteiger partial charge in [-0.25, -0.2) is 4.79 Å². The van der Waals surface area contributed by atoms with Gasteiger partial charge in [-0.15, -0.1) is 0 Å². The molecular weight excluding hydrogens is 511 g/mol. The Morgan fingerprint density at radius 2 is 1.84 bits per heavy atom. The van der Waals surface area contributed by atoms with Crippen LogP contribution in [0.25, 0.3) is 0 Å². The minimum Gasteiger partial charge on any atom is -0.466 e. The number of ether oxygens (including phenoxy) is 2. The molecule has 1 amide bonds. The van der Waals surface area contributed by atoms with Crippen molar-refractivity contribution in [3.8, 4) is 0 Å². The Hall–Kier alpha value is -2.62. The summed E-state index contributed by atoms with van der Waals surface area (Å²) in [6.07, 6.45) is -0.0684. The molecule has 0 saturated carbocycles. The third kappa shape index (κ3) is 7.23. The largest absolute Gasteiger partial charge is 0.466 e. The van der Waals surface area contributed by atoms with Crippen molar-refractivity contribution < 1.29 is 23.9 Å². The molecular formula is C23H27IN2O5. The maximum atomic E-state index is 13.2. The van der Waals surface area contributed by atoms with Crippen LogP contribution in [-0.2, 0) is 14.3 Å². The summed E-state index contributed by atoms with van der Waals surface area (Å²) in [5.41, 5.74) is 2.11. The van der Waals surface area contributed by atoms with Crippen molar-refractivity contribution in [2.45, 2.75) is 39.3 Å². The molecule has 0 saturated heterocycles. The van der Waals surface area contributed by atoms with Crippen molar-refractivity contribution in [1.29, 1.82) is 0 Å². The van der Waals surface area contributed by atoms with Gasteiger partial charge in [0.25, 0.3) is 5.91 Å². The first-order valence-corrected chi connectivity index (χ1v) is 11.0. The predicted molar refractivity (Wildman–Crippen MR) is 127 cm³/mol. The van der Waals surface area contributed by atoms with Gasteiger partial charge in [-0.05, 0) is 79.3 Å². The molecule has 7 nitrogen and oxygen atoms in total. The molecule has 0 heterocycles. The van der Waals surface area contributed by atoms with E-state index in [1.165, 1.54) is 7.11 Å². The Kier molecular flexibility index (Phi) is 9.29. The number of methoxy groups -OCH3 is 1. The maximum absolute atomic E-state index is 13.2. The number of esters is 2. The number of anilines is 1. The van der Waals surface area contributed by atoms with Gasteiger partial charge in [-0.1, -0.05) is 12.1 Å². The van der Waals surface area contributed by atoms with Gasteiger partial charge in [0.2, 0.25) is 0 Å².